The average Bonchev–Trinajstić information content (AvgIpc) is 3.07. The van der Waals surface area contributed by atoms with Crippen molar-refractivity contribution in [3.63, 3.8) is 0 Å². The van der Waals surface area contributed by atoms with Crippen LogP contribution < -0.4 is 16.6 Å². The molecule has 2 aromatic rings. The van der Waals surface area contributed by atoms with Crippen molar-refractivity contribution in [2.45, 2.75) is 13.0 Å². The van der Waals surface area contributed by atoms with Crippen LogP contribution in [0.4, 0.5) is 0 Å². The van der Waals surface area contributed by atoms with Gasteiger partial charge in [0.05, 0.1) is 6.33 Å². The maximum Gasteiger partial charge on any atom is 0.332 e. The summed E-state index contributed by atoms with van der Waals surface area (Å²) in [6.45, 7) is 0.495. The molecule has 1 amide bonds. The summed E-state index contributed by atoms with van der Waals surface area (Å²) in [5.74, 6) is 0.0341. The molecule has 27 heavy (non-hydrogen) atoms. The van der Waals surface area contributed by atoms with Gasteiger partial charge in [0, 0.05) is 40.4 Å². The zero-order valence-electron chi connectivity index (χ0n) is 16.0. The lowest BCUT2D eigenvalue weighted by molar-refractivity contribution is -0.121. The average molecular weight is 372 g/mol. The van der Waals surface area contributed by atoms with Crippen LogP contribution >= 0.6 is 0 Å². The number of nitrogens with one attached hydrogen (secondary N) is 1. The van der Waals surface area contributed by atoms with E-state index in [1.54, 1.807) is 7.05 Å². The Morgan fingerprint density at radius 2 is 2.04 bits per heavy atom. The van der Waals surface area contributed by atoms with E-state index in [2.05, 4.69) is 22.5 Å². The number of rotatable bonds is 5. The fraction of sp³-hybridized carbons (Fsp3) is 0.444. The second kappa shape index (κ2) is 7.26. The standard InChI is InChI=1S/C18H24N6O3/c1-21(2)13-7-5-12(6-8-13)9-19-14(25)10-24-11-20-16-15(24)17(26)23(4)18(27)22(16)3/h5,7-8,11-12H,6,9-10H2,1-4H3,(H,19,25). The van der Waals surface area contributed by atoms with Crippen molar-refractivity contribution in [2.75, 3.05) is 20.6 Å². The van der Waals surface area contributed by atoms with Crippen LogP contribution in [0.5, 0.6) is 0 Å². The first-order chi connectivity index (χ1) is 12.8. The normalized spacial score (nSPS) is 16.4. The van der Waals surface area contributed by atoms with Crippen molar-refractivity contribution in [3.8, 4) is 0 Å². The molecule has 3 rings (SSSR count). The molecule has 0 aliphatic heterocycles. The first-order valence-corrected chi connectivity index (χ1v) is 8.72. The van der Waals surface area contributed by atoms with Crippen LogP contribution in [0.1, 0.15) is 6.42 Å². The summed E-state index contributed by atoms with van der Waals surface area (Å²) in [4.78, 5) is 42.8. The Morgan fingerprint density at radius 1 is 1.30 bits per heavy atom. The summed E-state index contributed by atoms with van der Waals surface area (Å²) >= 11 is 0. The first kappa shape index (κ1) is 18.7. The largest absolute Gasteiger partial charge is 0.378 e. The molecular weight excluding hydrogens is 348 g/mol. The zero-order valence-corrected chi connectivity index (χ0v) is 16.0. The summed E-state index contributed by atoms with van der Waals surface area (Å²) in [6.07, 6.45) is 8.56. The van der Waals surface area contributed by atoms with E-state index in [1.807, 2.05) is 25.1 Å². The molecule has 1 aliphatic carbocycles. The minimum absolute atomic E-state index is 0.0286. The van der Waals surface area contributed by atoms with Gasteiger partial charge in [0.25, 0.3) is 5.56 Å². The number of aryl methyl sites for hydroxylation is 1. The topological polar surface area (TPSA) is 94.2 Å². The van der Waals surface area contributed by atoms with E-state index in [0.29, 0.717) is 6.54 Å². The number of imidazole rings is 1. The second-order valence-corrected chi connectivity index (χ2v) is 6.93. The predicted molar refractivity (Wildman–Crippen MR) is 102 cm³/mol. The Bertz CT molecular complexity index is 1050. The molecular formula is C18H24N6O3. The van der Waals surface area contributed by atoms with Gasteiger partial charge in [0.15, 0.2) is 11.2 Å². The molecule has 144 valence electrons. The van der Waals surface area contributed by atoms with Crippen LogP contribution in [0.25, 0.3) is 11.2 Å². The Hall–Kier alpha value is -3.10. The first-order valence-electron chi connectivity index (χ1n) is 8.72. The lowest BCUT2D eigenvalue weighted by Crippen LogP contribution is -2.38. The lowest BCUT2D eigenvalue weighted by atomic mass is 9.99. The third-order valence-corrected chi connectivity index (χ3v) is 4.78. The molecule has 0 spiro atoms. The number of likely N-dealkylation sites (N-methyl/N-ethyl adjacent to an activating group) is 1. The Balaban J connectivity index is 1.68. The van der Waals surface area contributed by atoms with Crippen molar-refractivity contribution in [1.82, 2.24) is 28.9 Å². The van der Waals surface area contributed by atoms with E-state index in [1.165, 1.54) is 22.5 Å². The van der Waals surface area contributed by atoms with Gasteiger partial charge in [-0.2, -0.15) is 0 Å². The highest BCUT2D eigenvalue weighted by molar-refractivity contribution is 5.78. The number of nitrogens with zero attached hydrogens (tertiary/aromatic N) is 5. The third kappa shape index (κ3) is 3.57. The van der Waals surface area contributed by atoms with E-state index < -0.39 is 11.2 Å². The van der Waals surface area contributed by atoms with E-state index in [4.69, 9.17) is 0 Å². The molecule has 1 atom stereocenters. The Labute approximate surface area is 156 Å². The number of amides is 1. The third-order valence-electron chi connectivity index (χ3n) is 4.78. The second-order valence-electron chi connectivity index (χ2n) is 6.93. The number of aromatic nitrogens is 4. The molecule has 0 bridgehead atoms. The van der Waals surface area contributed by atoms with Crippen LogP contribution in [0.2, 0.25) is 0 Å². The van der Waals surface area contributed by atoms with Crippen LogP contribution in [0, 0.1) is 5.92 Å². The lowest BCUT2D eigenvalue weighted by Gasteiger charge is -2.21. The summed E-state index contributed by atoms with van der Waals surface area (Å²) in [6, 6.07) is 0. The van der Waals surface area contributed by atoms with Crippen LogP contribution in [0.3, 0.4) is 0 Å². The minimum Gasteiger partial charge on any atom is -0.378 e. The molecule has 0 aromatic carbocycles. The number of hydrogen-bond donors (Lipinski definition) is 1. The van der Waals surface area contributed by atoms with Gasteiger partial charge in [0.2, 0.25) is 5.91 Å². The molecule has 9 nitrogen and oxygen atoms in total. The van der Waals surface area contributed by atoms with Crippen LogP contribution in [-0.2, 0) is 25.4 Å². The van der Waals surface area contributed by atoms with E-state index in [9.17, 15) is 14.4 Å². The van der Waals surface area contributed by atoms with Gasteiger partial charge < -0.3 is 14.8 Å². The van der Waals surface area contributed by atoms with Gasteiger partial charge in [-0.15, -0.1) is 0 Å². The maximum atomic E-state index is 12.4. The number of fused-ring (bicyclic) bond motifs is 1. The van der Waals surface area contributed by atoms with Gasteiger partial charge in [-0.3, -0.25) is 18.7 Å². The summed E-state index contributed by atoms with van der Waals surface area (Å²) in [5, 5.41) is 2.90. The van der Waals surface area contributed by atoms with Gasteiger partial charge in [-0.05, 0) is 18.4 Å². The number of allylic oxidation sites excluding steroid dienone is 2. The summed E-state index contributed by atoms with van der Waals surface area (Å²) in [5.41, 5.74) is 0.758. The molecule has 1 unspecified atom stereocenters. The van der Waals surface area contributed by atoms with Crippen molar-refractivity contribution in [3.05, 3.63) is 51.1 Å². The number of hydrogen-bond acceptors (Lipinski definition) is 5. The molecule has 9 heteroatoms. The van der Waals surface area contributed by atoms with Gasteiger partial charge in [0.1, 0.15) is 6.54 Å². The van der Waals surface area contributed by atoms with Crippen molar-refractivity contribution in [1.29, 1.82) is 0 Å². The summed E-state index contributed by atoms with van der Waals surface area (Å²) in [7, 11) is 6.94. The molecule has 2 heterocycles. The molecule has 1 aliphatic rings. The maximum absolute atomic E-state index is 12.4. The highest BCUT2D eigenvalue weighted by Gasteiger charge is 2.16. The number of carbonyl (C=O) groups is 1. The fourth-order valence-corrected chi connectivity index (χ4v) is 3.11. The predicted octanol–water partition coefficient (Wildman–Crippen LogP) is -0.428. The molecule has 0 saturated heterocycles. The quantitative estimate of drug-likeness (QED) is 0.769. The highest BCUT2D eigenvalue weighted by atomic mass is 16.2. The minimum atomic E-state index is -0.463. The number of carbonyl (C=O) groups excluding carboxylic acids is 1. The SMILES string of the molecule is CN(C)C1=CCC(CNC(=O)Cn2cnc3c2c(=O)n(C)c(=O)n3C)C=C1. The summed E-state index contributed by atoms with van der Waals surface area (Å²) < 4.78 is 3.79. The smallest absolute Gasteiger partial charge is 0.332 e. The van der Waals surface area contributed by atoms with Gasteiger partial charge in [-0.1, -0.05) is 12.2 Å². The highest BCUT2D eigenvalue weighted by Crippen LogP contribution is 2.16. The molecule has 0 saturated carbocycles. The Morgan fingerprint density at radius 3 is 2.67 bits per heavy atom. The Kier molecular flexibility index (Phi) is 5.02. The van der Waals surface area contributed by atoms with Crippen molar-refractivity contribution < 1.29 is 4.79 Å². The van der Waals surface area contributed by atoms with Crippen LogP contribution in [-0.4, -0.2) is 50.1 Å². The zero-order chi connectivity index (χ0) is 19.7. The van der Waals surface area contributed by atoms with Crippen molar-refractivity contribution in [2.24, 2.45) is 20.0 Å². The molecule has 2 aromatic heterocycles. The van der Waals surface area contributed by atoms with E-state index in [-0.39, 0.29) is 29.5 Å². The molecule has 0 radical (unpaired) electrons. The van der Waals surface area contributed by atoms with Gasteiger partial charge in [-0.25, -0.2) is 9.78 Å². The monoisotopic (exact) mass is 372 g/mol. The van der Waals surface area contributed by atoms with E-state index >= 15 is 0 Å². The van der Waals surface area contributed by atoms with E-state index in [0.717, 1.165) is 16.7 Å². The van der Waals surface area contributed by atoms with Crippen molar-refractivity contribution >= 4 is 17.1 Å². The molecule has 1 N–H and O–H groups in total. The fourth-order valence-electron chi connectivity index (χ4n) is 3.11. The molecule has 0 fully saturated rings. The van der Waals surface area contributed by atoms with Crippen LogP contribution in [0.15, 0.2) is 39.8 Å². The van der Waals surface area contributed by atoms with Gasteiger partial charge >= 0.3 is 5.69 Å².